The molecule has 0 saturated carbocycles. The number of rotatable bonds is 5. The van der Waals surface area contributed by atoms with E-state index in [0.29, 0.717) is 6.61 Å². The van der Waals surface area contributed by atoms with Crippen molar-refractivity contribution in [2.75, 3.05) is 13.7 Å². The van der Waals surface area contributed by atoms with E-state index in [0.717, 1.165) is 6.42 Å². The number of carbonyl (C=O) groups excluding carboxylic acids is 1. The molecule has 0 radical (unpaired) electrons. The number of ketones is 1. The zero-order valence-corrected chi connectivity index (χ0v) is 11.2. The van der Waals surface area contributed by atoms with Crippen molar-refractivity contribution in [1.29, 1.82) is 0 Å². The van der Waals surface area contributed by atoms with E-state index in [-0.39, 0.29) is 10.5 Å². The number of hydrogen-bond acceptors (Lipinski definition) is 3. The van der Waals surface area contributed by atoms with Crippen LogP contribution >= 0.6 is 11.8 Å². The molecule has 2 rings (SSSR count). The van der Waals surface area contributed by atoms with E-state index in [1.165, 1.54) is 4.90 Å². The maximum atomic E-state index is 11.3. The van der Waals surface area contributed by atoms with Gasteiger partial charge in [0.25, 0.3) is 0 Å². The van der Waals surface area contributed by atoms with Gasteiger partial charge < -0.3 is 4.74 Å². The molecule has 0 bridgehead atoms. The molecule has 0 N–H and O–H groups in total. The third-order valence-electron chi connectivity index (χ3n) is 2.81. The van der Waals surface area contributed by atoms with E-state index in [9.17, 15) is 4.79 Å². The molecule has 0 saturated heterocycles. The van der Waals surface area contributed by atoms with Crippen LogP contribution in [-0.4, -0.2) is 24.2 Å². The fraction of sp³-hybridized carbons (Fsp3) is 0.267. The van der Waals surface area contributed by atoms with Gasteiger partial charge in [-0.05, 0) is 30.7 Å². The summed E-state index contributed by atoms with van der Waals surface area (Å²) in [7, 11) is 1.70. The Morgan fingerprint density at radius 1 is 1.17 bits per heavy atom. The average molecular weight is 260 g/mol. The van der Waals surface area contributed by atoms with Crippen LogP contribution in [0.4, 0.5) is 0 Å². The van der Waals surface area contributed by atoms with E-state index in [4.69, 9.17) is 4.74 Å². The zero-order chi connectivity index (χ0) is 12.8. The molecule has 94 valence electrons. The molecule has 0 aromatic heterocycles. The Labute approximate surface area is 112 Å². The summed E-state index contributed by atoms with van der Waals surface area (Å²) in [6.45, 7) is 0.669. The number of carbonyl (C=O) groups is 1. The summed E-state index contributed by atoms with van der Waals surface area (Å²) in [5.41, 5.74) is 0. The lowest BCUT2D eigenvalue weighted by Gasteiger charge is -2.28. The Bertz CT molecular complexity index is 447. The average Bonchev–Trinajstić information content (AvgIpc) is 2.41. The smallest absolute Gasteiger partial charge is 0.178 e. The molecule has 0 fully saturated rings. The summed E-state index contributed by atoms with van der Waals surface area (Å²) in [5.74, 6) is 0.0525. The van der Waals surface area contributed by atoms with E-state index >= 15 is 0 Å². The van der Waals surface area contributed by atoms with Gasteiger partial charge >= 0.3 is 0 Å². The predicted molar refractivity (Wildman–Crippen MR) is 74.8 cm³/mol. The van der Waals surface area contributed by atoms with E-state index in [1.807, 2.05) is 30.4 Å². The van der Waals surface area contributed by atoms with E-state index in [1.54, 1.807) is 31.0 Å². The number of thioether (sulfide) groups is 1. The molecule has 0 heterocycles. The number of benzene rings is 1. The van der Waals surface area contributed by atoms with Gasteiger partial charge in [-0.15, -0.1) is 11.8 Å². The topological polar surface area (TPSA) is 26.3 Å². The minimum atomic E-state index is -0.175. The molecule has 0 atom stereocenters. The minimum Gasteiger partial charge on any atom is -0.385 e. The highest BCUT2D eigenvalue weighted by molar-refractivity contribution is 8.01. The first kappa shape index (κ1) is 13.1. The molecule has 0 aliphatic heterocycles. The van der Waals surface area contributed by atoms with Crippen LogP contribution in [0.1, 0.15) is 6.42 Å². The predicted octanol–water partition coefficient (Wildman–Crippen LogP) is 3.25. The SMILES string of the molecule is COCCC1(Sc2ccccc2)C=CC(=O)C=C1. The minimum absolute atomic E-state index is 0.0525. The van der Waals surface area contributed by atoms with Crippen molar-refractivity contribution in [2.45, 2.75) is 16.1 Å². The molecule has 0 unspecified atom stereocenters. The van der Waals surface area contributed by atoms with Crippen molar-refractivity contribution in [1.82, 2.24) is 0 Å². The van der Waals surface area contributed by atoms with Crippen molar-refractivity contribution < 1.29 is 9.53 Å². The largest absolute Gasteiger partial charge is 0.385 e. The van der Waals surface area contributed by atoms with Gasteiger partial charge in [-0.2, -0.15) is 0 Å². The summed E-state index contributed by atoms with van der Waals surface area (Å²) in [6.07, 6.45) is 8.10. The molecule has 1 aliphatic carbocycles. The molecular weight excluding hydrogens is 244 g/mol. The summed E-state index contributed by atoms with van der Waals surface area (Å²) in [5, 5.41) is 0. The second-order valence-corrected chi connectivity index (χ2v) is 5.62. The van der Waals surface area contributed by atoms with Gasteiger partial charge in [0.15, 0.2) is 5.78 Å². The van der Waals surface area contributed by atoms with Crippen LogP contribution in [0.15, 0.2) is 59.5 Å². The first-order chi connectivity index (χ1) is 8.74. The molecule has 1 aliphatic rings. The monoisotopic (exact) mass is 260 g/mol. The highest BCUT2D eigenvalue weighted by Gasteiger charge is 2.27. The second kappa shape index (κ2) is 6.03. The lowest BCUT2D eigenvalue weighted by Crippen LogP contribution is -2.24. The number of allylic oxidation sites excluding steroid dienone is 2. The Morgan fingerprint density at radius 2 is 1.83 bits per heavy atom. The summed E-state index contributed by atoms with van der Waals surface area (Å²) < 4.78 is 4.99. The van der Waals surface area contributed by atoms with Crippen molar-refractivity contribution in [3.8, 4) is 0 Å². The molecule has 2 nitrogen and oxygen atoms in total. The number of hydrogen-bond donors (Lipinski definition) is 0. The normalized spacial score (nSPS) is 17.1. The van der Waals surface area contributed by atoms with Crippen LogP contribution in [0.25, 0.3) is 0 Å². The zero-order valence-electron chi connectivity index (χ0n) is 10.3. The molecule has 18 heavy (non-hydrogen) atoms. The Morgan fingerprint density at radius 3 is 2.44 bits per heavy atom. The van der Waals surface area contributed by atoms with Crippen molar-refractivity contribution in [2.24, 2.45) is 0 Å². The Kier molecular flexibility index (Phi) is 4.39. The van der Waals surface area contributed by atoms with E-state index < -0.39 is 0 Å². The van der Waals surface area contributed by atoms with Gasteiger partial charge in [0.05, 0.1) is 4.75 Å². The third-order valence-corrected chi connectivity index (χ3v) is 4.17. The van der Waals surface area contributed by atoms with Gasteiger partial charge in [-0.25, -0.2) is 0 Å². The highest BCUT2D eigenvalue weighted by Crippen LogP contribution is 2.39. The molecule has 1 aromatic rings. The van der Waals surface area contributed by atoms with Gasteiger partial charge in [-0.3, -0.25) is 4.79 Å². The second-order valence-electron chi connectivity index (χ2n) is 4.18. The molecule has 3 heteroatoms. The van der Waals surface area contributed by atoms with Gasteiger partial charge in [-0.1, -0.05) is 30.4 Å². The van der Waals surface area contributed by atoms with Gasteiger partial charge in [0.1, 0.15) is 0 Å². The van der Waals surface area contributed by atoms with Crippen LogP contribution in [-0.2, 0) is 9.53 Å². The fourth-order valence-electron chi connectivity index (χ4n) is 1.81. The standard InChI is InChI=1S/C15H16O2S/c1-17-12-11-15(9-7-13(16)8-10-15)18-14-5-3-2-4-6-14/h2-10H,11-12H2,1H3. The quantitative estimate of drug-likeness (QED) is 0.813. The van der Waals surface area contributed by atoms with E-state index in [2.05, 4.69) is 12.1 Å². The van der Waals surface area contributed by atoms with Crippen LogP contribution in [0, 0.1) is 0 Å². The van der Waals surface area contributed by atoms with Crippen LogP contribution in [0.5, 0.6) is 0 Å². The third kappa shape index (κ3) is 3.34. The summed E-state index contributed by atoms with van der Waals surface area (Å²) in [6, 6.07) is 10.2. The maximum absolute atomic E-state index is 11.3. The van der Waals surface area contributed by atoms with Crippen molar-refractivity contribution in [3.63, 3.8) is 0 Å². The first-order valence-corrected chi connectivity index (χ1v) is 6.71. The fourth-order valence-corrected chi connectivity index (χ4v) is 3.00. The van der Waals surface area contributed by atoms with Crippen LogP contribution in [0.3, 0.4) is 0 Å². The van der Waals surface area contributed by atoms with Gasteiger partial charge in [0, 0.05) is 18.6 Å². The van der Waals surface area contributed by atoms with Crippen molar-refractivity contribution in [3.05, 3.63) is 54.6 Å². The number of ether oxygens (including phenoxy) is 1. The van der Waals surface area contributed by atoms with Gasteiger partial charge in [0.2, 0.25) is 0 Å². The first-order valence-electron chi connectivity index (χ1n) is 5.89. The molecule has 0 amide bonds. The molecular formula is C15H16O2S. The number of methoxy groups -OCH3 is 1. The lowest BCUT2D eigenvalue weighted by atomic mass is 9.98. The Hall–Kier alpha value is -1.32. The lowest BCUT2D eigenvalue weighted by molar-refractivity contribution is -0.110. The van der Waals surface area contributed by atoms with Crippen molar-refractivity contribution >= 4 is 17.5 Å². The summed E-state index contributed by atoms with van der Waals surface area (Å²) >= 11 is 1.75. The van der Waals surface area contributed by atoms with Crippen LogP contribution in [0.2, 0.25) is 0 Å². The summed E-state index contributed by atoms with van der Waals surface area (Å²) in [4.78, 5) is 12.5. The highest BCUT2D eigenvalue weighted by atomic mass is 32.2. The Balaban J connectivity index is 2.18. The maximum Gasteiger partial charge on any atom is 0.178 e. The molecule has 0 spiro atoms. The van der Waals surface area contributed by atoms with Crippen LogP contribution < -0.4 is 0 Å². The molecule has 1 aromatic carbocycles.